The number of rotatable bonds is 4. The van der Waals surface area contributed by atoms with Crippen LogP contribution >= 0.6 is 0 Å². The maximum atomic E-state index is 14.0. The van der Waals surface area contributed by atoms with Gasteiger partial charge in [0, 0.05) is 17.2 Å². The van der Waals surface area contributed by atoms with Crippen molar-refractivity contribution in [3.05, 3.63) is 107 Å². The highest BCUT2D eigenvalue weighted by atomic mass is 19.1. The molecule has 1 amide bonds. The summed E-state index contributed by atoms with van der Waals surface area (Å²) in [4.78, 5) is 15.7. The molecule has 0 saturated carbocycles. The van der Waals surface area contributed by atoms with Gasteiger partial charge < -0.3 is 9.80 Å². The van der Waals surface area contributed by atoms with Crippen molar-refractivity contribution >= 4 is 5.91 Å². The number of carbonyl (C=O) groups excluding carboxylic acids is 1. The van der Waals surface area contributed by atoms with Gasteiger partial charge in [-0.05, 0) is 12.1 Å². The van der Waals surface area contributed by atoms with Crippen LogP contribution in [0.3, 0.4) is 0 Å². The number of amides is 1. The van der Waals surface area contributed by atoms with Gasteiger partial charge in [0.05, 0.1) is 31.7 Å². The molecule has 3 nitrogen and oxygen atoms in total. The first-order chi connectivity index (χ1) is 14.1. The number of halogens is 2. The number of hydrogen-bond donors (Lipinski definition) is 1. The van der Waals surface area contributed by atoms with Crippen LogP contribution in [0.2, 0.25) is 0 Å². The molecule has 1 heterocycles. The molecular weight excluding hydrogens is 370 g/mol. The van der Waals surface area contributed by atoms with E-state index in [4.69, 9.17) is 0 Å². The number of carbonyl (C=O) groups is 1. The lowest BCUT2D eigenvalue weighted by molar-refractivity contribution is -0.929. The van der Waals surface area contributed by atoms with Gasteiger partial charge in [0.2, 0.25) is 0 Å². The Bertz CT molecular complexity index is 931. The summed E-state index contributed by atoms with van der Waals surface area (Å²) >= 11 is 0. The van der Waals surface area contributed by atoms with E-state index in [0.717, 1.165) is 25.2 Å². The Kier molecular flexibility index (Phi) is 5.67. The third kappa shape index (κ3) is 4.20. The predicted octanol–water partition coefficient (Wildman–Crippen LogP) is 3.10. The maximum Gasteiger partial charge on any atom is 0.257 e. The molecule has 0 atom stereocenters. The molecule has 1 aliphatic rings. The number of nitrogens with one attached hydrogen (secondary N) is 1. The first-order valence-corrected chi connectivity index (χ1v) is 9.82. The van der Waals surface area contributed by atoms with E-state index in [0.29, 0.717) is 13.1 Å². The van der Waals surface area contributed by atoms with E-state index < -0.39 is 11.6 Å². The van der Waals surface area contributed by atoms with Crippen molar-refractivity contribution < 1.29 is 18.5 Å². The fourth-order valence-corrected chi connectivity index (χ4v) is 4.07. The van der Waals surface area contributed by atoms with E-state index in [1.54, 1.807) is 4.90 Å². The Hall–Kier alpha value is -3.05. The zero-order valence-electron chi connectivity index (χ0n) is 16.0. The summed E-state index contributed by atoms with van der Waals surface area (Å²) in [5.41, 5.74) is 2.40. The lowest BCUT2D eigenvalue weighted by Crippen LogP contribution is -3.15. The first-order valence-electron chi connectivity index (χ1n) is 9.82. The molecule has 5 heteroatoms. The standard InChI is InChI=1S/C24H22F2N2O/c25-20-11-12-21(22(26)17-20)24(29)28-15-13-27(14-16-28)23(18-7-3-1-4-8-18)19-9-5-2-6-10-19/h1-12,17,23H,13-16H2/p+1. The van der Waals surface area contributed by atoms with Crippen LogP contribution in [-0.2, 0) is 0 Å². The second-order valence-electron chi connectivity index (χ2n) is 7.33. The summed E-state index contributed by atoms with van der Waals surface area (Å²) in [7, 11) is 0. The Morgan fingerprint density at radius 2 is 1.38 bits per heavy atom. The fourth-order valence-electron chi connectivity index (χ4n) is 4.07. The molecule has 148 valence electrons. The van der Waals surface area contributed by atoms with Crippen molar-refractivity contribution in [2.45, 2.75) is 6.04 Å². The predicted molar refractivity (Wildman–Crippen MR) is 108 cm³/mol. The average molecular weight is 393 g/mol. The highest BCUT2D eigenvalue weighted by molar-refractivity contribution is 5.94. The van der Waals surface area contributed by atoms with Crippen molar-refractivity contribution in [3.8, 4) is 0 Å². The normalized spacial score (nSPS) is 14.9. The molecule has 1 N–H and O–H groups in total. The van der Waals surface area contributed by atoms with Gasteiger partial charge in [-0.3, -0.25) is 4.79 Å². The second-order valence-corrected chi connectivity index (χ2v) is 7.33. The summed E-state index contributed by atoms with van der Waals surface area (Å²) in [6.45, 7) is 2.56. The van der Waals surface area contributed by atoms with Crippen LogP contribution < -0.4 is 4.90 Å². The van der Waals surface area contributed by atoms with Crippen LogP contribution in [0.15, 0.2) is 78.9 Å². The molecule has 4 rings (SSSR count). The monoisotopic (exact) mass is 393 g/mol. The topological polar surface area (TPSA) is 24.8 Å². The van der Waals surface area contributed by atoms with Crippen LogP contribution in [0.1, 0.15) is 27.5 Å². The maximum absolute atomic E-state index is 14.0. The van der Waals surface area contributed by atoms with Crippen LogP contribution in [0.4, 0.5) is 8.78 Å². The zero-order valence-corrected chi connectivity index (χ0v) is 16.0. The Morgan fingerprint density at radius 1 is 0.828 bits per heavy atom. The minimum absolute atomic E-state index is 0.0717. The zero-order chi connectivity index (χ0) is 20.2. The minimum atomic E-state index is -0.809. The van der Waals surface area contributed by atoms with Crippen molar-refractivity contribution in [2.24, 2.45) is 0 Å². The van der Waals surface area contributed by atoms with E-state index in [1.165, 1.54) is 22.1 Å². The molecule has 0 bridgehead atoms. The third-order valence-electron chi connectivity index (χ3n) is 5.53. The molecule has 0 aliphatic carbocycles. The lowest BCUT2D eigenvalue weighted by Gasteiger charge is -2.37. The van der Waals surface area contributed by atoms with E-state index >= 15 is 0 Å². The quantitative estimate of drug-likeness (QED) is 0.724. The molecule has 1 aliphatic heterocycles. The summed E-state index contributed by atoms with van der Waals surface area (Å²) in [5, 5.41) is 0. The molecule has 0 aromatic heterocycles. The molecule has 1 saturated heterocycles. The fraction of sp³-hybridized carbons (Fsp3) is 0.208. The SMILES string of the molecule is O=C(c1ccc(F)cc1F)N1CC[NH+](C(c2ccccc2)c2ccccc2)CC1. The van der Waals surface area contributed by atoms with Gasteiger partial charge in [-0.25, -0.2) is 8.78 Å². The third-order valence-corrected chi connectivity index (χ3v) is 5.53. The van der Waals surface area contributed by atoms with E-state index in [1.807, 2.05) is 36.4 Å². The van der Waals surface area contributed by atoms with Crippen LogP contribution in [-0.4, -0.2) is 37.0 Å². The number of piperazine rings is 1. The molecular formula is C24H23F2N2O+. The summed E-state index contributed by atoms with van der Waals surface area (Å²) in [5.74, 6) is -1.87. The number of hydrogen-bond acceptors (Lipinski definition) is 1. The summed E-state index contributed by atoms with van der Waals surface area (Å²) in [6, 6.07) is 24.0. The van der Waals surface area contributed by atoms with Gasteiger partial charge in [0.15, 0.2) is 0 Å². The van der Waals surface area contributed by atoms with Crippen molar-refractivity contribution in [2.75, 3.05) is 26.2 Å². The molecule has 1 fully saturated rings. The van der Waals surface area contributed by atoms with E-state index in [9.17, 15) is 13.6 Å². The van der Waals surface area contributed by atoms with Gasteiger partial charge in [-0.1, -0.05) is 60.7 Å². The van der Waals surface area contributed by atoms with Crippen molar-refractivity contribution in [3.63, 3.8) is 0 Å². The van der Waals surface area contributed by atoms with Gasteiger partial charge in [-0.2, -0.15) is 0 Å². The molecule has 0 radical (unpaired) electrons. The Morgan fingerprint density at radius 3 is 1.90 bits per heavy atom. The Balaban J connectivity index is 1.52. The summed E-state index contributed by atoms with van der Waals surface area (Å²) < 4.78 is 27.2. The molecule has 3 aromatic carbocycles. The second kappa shape index (κ2) is 8.53. The number of benzene rings is 3. The number of nitrogens with zero attached hydrogens (tertiary/aromatic N) is 1. The summed E-state index contributed by atoms with van der Waals surface area (Å²) in [6.07, 6.45) is 0. The van der Waals surface area contributed by atoms with Gasteiger partial charge in [0.25, 0.3) is 5.91 Å². The van der Waals surface area contributed by atoms with Crippen molar-refractivity contribution in [1.29, 1.82) is 0 Å². The van der Waals surface area contributed by atoms with Gasteiger partial charge in [0.1, 0.15) is 17.7 Å². The van der Waals surface area contributed by atoms with Crippen LogP contribution in [0.5, 0.6) is 0 Å². The van der Waals surface area contributed by atoms with Crippen LogP contribution in [0.25, 0.3) is 0 Å². The largest absolute Gasteiger partial charge is 0.327 e. The molecule has 29 heavy (non-hydrogen) atoms. The van der Waals surface area contributed by atoms with Gasteiger partial charge in [-0.15, -0.1) is 0 Å². The highest BCUT2D eigenvalue weighted by Gasteiger charge is 2.32. The number of quaternary nitrogens is 1. The molecule has 0 spiro atoms. The smallest absolute Gasteiger partial charge is 0.257 e. The lowest BCUT2D eigenvalue weighted by atomic mass is 9.96. The highest BCUT2D eigenvalue weighted by Crippen LogP contribution is 2.20. The van der Waals surface area contributed by atoms with E-state index in [-0.39, 0.29) is 17.5 Å². The van der Waals surface area contributed by atoms with Crippen LogP contribution in [0, 0.1) is 11.6 Å². The van der Waals surface area contributed by atoms with E-state index in [2.05, 4.69) is 24.3 Å². The first kappa shape index (κ1) is 19.3. The molecule has 3 aromatic rings. The minimum Gasteiger partial charge on any atom is -0.327 e. The van der Waals surface area contributed by atoms with Gasteiger partial charge >= 0.3 is 0 Å². The average Bonchev–Trinajstić information content (AvgIpc) is 2.76. The van der Waals surface area contributed by atoms with Crippen molar-refractivity contribution in [1.82, 2.24) is 4.90 Å². The molecule has 0 unspecified atom stereocenters. The Labute approximate surface area is 169 Å².